The highest BCUT2D eigenvalue weighted by Gasteiger charge is 2.12. The third kappa shape index (κ3) is 3.92. The van der Waals surface area contributed by atoms with Gasteiger partial charge in [0.1, 0.15) is 11.6 Å². The van der Waals surface area contributed by atoms with Gasteiger partial charge in [-0.25, -0.2) is 9.82 Å². The van der Waals surface area contributed by atoms with Crippen molar-refractivity contribution in [1.82, 2.24) is 5.43 Å². The Morgan fingerprint density at radius 2 is 1.96 bits per heavy atom. The summed E-state index contributed by atoms with van der Waals surface area (Å²) in [6, 6.07) is 8.45. The summed E-state index contributed by atoms with van der Waals surface area (Å²) in [7, 11) is 0. The minimum atomic E-state index is -0.577. The Morgan fingerprint density at radius 3 is 2.54 bits per heavy atom. The SMILES string of the molecule is CC/C(=N\NC(=O)c1ccc([N+](=O)[O-])cc1)c1cc(F)ccc1O. The number of amides is 1. The Morgan fingerprint density at radius 1 is 1.29 bits per heavy atom. The minimum absolute atomic E-state index is 0.131. The number of aromatic hydroxyl groups is 1. The first kappa shape index (κ1) is 17.1. The van der Waals surface area contributed by atoms with E-state index in [9.17, 15) is 24.4 Å². The molecule has 2 aromatic carbocycles. The Labute approximate surface area is 136 Å². The molecule has 2 rings (SSSR count). The van der Waals surface area contributed by atoms with Crippen molar-refractivity contribution >= 4 is 17.3 Å². The number of hydrogen-bond acceptors (Lipinski definition) is 5. The van der Waals surface area contributed by atoms with Gasteiger partial charge >= 0.3 is 0 Å². The van der Waals surface area contributed by atoms with E-state index >= 15 is 0 Å². The number of halogens is 1. The van der Waals surface area contributed by atoms with Crippen LogP contribution in [0.3, 0.4) is 0 Å². The van der Waals surface area contributed by atoms with Gasteiger partial charge in [-0.2, -0.15) is 5.10 Å². The molecule has 0 unspecified atom stereocenters. The number of nitrogens with zero attached hydrogens (tertiary/aromatic N) is 2. The van der Waals surface area contributed by atoms with Crippen LogP contribution in [0.2, 0.25) is 0 Å². The summed E-state index contributed by atoms with van der Waals surface area (Å²) in [5.74, 6) is -1.26. The summed E-state index contributed by atoms with van der Waals surface area (Å²) in [4.78, 5) is 22.0. The van der Waals surface area contributed by atoms with Gasteiger partial charge in [-0.3, -0.25) is 14.9 Å². The van der Waals surface area contributed by atoms with Crippen LogP contribution in [0.5, 0.6) is 5.75 Å². The summed E-state index contributed by atoms with van der Waals surface area (Å²) in [5.41, 5.74) is 2.82. The van der Waals surface area contributed by atoms with Crippen LogP contribution in [-0.4, -0.2) is 21.6 Å². The molecule has 0 spiro atoms. The van der Waals surface area contributed by atoms with Crippen LogP contribution in [0.15, 0.2) is 47.6 Å². The maximum Gasteiger partial charge on any atom is 0.271 e. The van der Waals surface area contributed by atoms with Crippen LogP contribution >= 0.6 is 0 Å². The molecule has 0 bridgehead atoms. The summed E-state index contributed by atoms with van der Waals surface area (Å²) in [6.07, 6.45) is 0.345. The van der Waals surface area contributed by atoms with Crippen LogP contribution in [0, 0.1) is 15.9 Å². The maximum atomic E-state index is 13.3. The Balaban J connectivity index is 2.19. The van der Waals surface area contributed by atoms with Gasteiger partial charge in [0.15, 0.2) is 0 Å². The average Bonchev–Trinajstić information content (AvgIpc) is 2.58. The molecule has 0 heterocycles. The molecule has 0 aliphatic carbocycles. The van der Waals surface area contributed by atoms with Crippen LogP contribution in [0.4, 0.5) is 10.1 Å². The molecule has 0 saturated heterocycles. The molecule has 8 heteroatoms. The van der Waals surface area contributed by atoms with Crippen molar-refractivity contribution in [1.29, 1.82) is 0 Å². The first-order valence-corrected chi connectivity index (χ1v) is 7.02. The largest absolute Gasteiger partial charge is 0.507 e. The molecule has 1 amide bonds. The number of phenols is 1. The number of carbonyl (C=O) groups is 1. The van der Waals surface area contributed by atoms with Gasteiger partial charge < -0.3 is 5.11 Å². The molecule has 0 atom stereocenters. The normalized spacial score (nSPS) is 11.2. The molecule has 7 nitrogen and oxygen atoms in total. The lowest BCUT2D eigenvalue weighted by atomic mass is 10.1. The predicted octanol–water partition coefficient (Wildman–Crippen LogP) is 2.98. The number of phenolic OH excluding ortho intramolecular Hbond substituents is 1. The van der Waals surface area contributed by atoms with Crippen LogP contribution in [0.1, 0.15) is 29.3 Å². The Hall–Kier alpha value is -3.29. The van der Waals surface area contributed by atoms with E-state index in [-0.39, 0.29) is 22.6 Å². The van der Waals surface area contributed by atoms with Crippen molar-refractivity contribution in [3.05, 3.63) is 69.5 Å². The second-order valence-corrected chi connectivity index (χ2v) is 4.82. The fraction of sp³-hybridized carbons (Fsp3) is 0.125. The molecular formula is C16H14FN3O4. The lowest BCUT2D eigenvalue weighted by Gasteiger charge is -2.07. The maximum absolute atomic E-state index is 13.3. The van der Waals surface area contributed by atoms with E-state index in [2.05, 4.69) is 10.5 Å². The van der Waals surface area contributed by atoms with Gasteiger partial charge in [0.25, 0.3) is 11.6 Å². The lowest BCUT2D eigenvalue weighted by molar-refractivity contribution is -0.384. The number of non-ortho nitro benzene ring substituents is 1. The number of benzene rings is 2. The molecule has 24 heavy (non-hydrogen) atoms. The van der Waals surface area contributed by atoms with Crippen molar-refractivity contribution in [2.75, 3.05) is 0 Å². The van der Waals surface area contributed by atoms with Crippen molar-refractivity contribution in [3.8, 4) is 5.75 Å². The quantitative estimate of drug-likeness (QED) is 0.499. The summed E-state index contributed by atoms with van der Waals surface area (Å²) < 4.78 is 13.3. The number of carbonyl (C=O) groups excluding carboxylic acids is 1. The number of hydrazone groups is 1. The second-order valence-electron chi connectivity index (χ2n) is 4.82. The van der Waals surface area contributed by atoms with E-state index in [1.165, 1.54) is 30.3 Å². The number of nitrogens with one attached hydrogen (secondary N) is 1. The van der Waals surface area contributed by atoms with Gasteiger partial charge in [0, 0.05) is 23.3 Å². The van der Waals surface area contributed by atoms with Crippen molar-refractivity contribution in [2.24, 2.45) is 5.10 Å². The highest BCUT2D eigenvalue weighted by molar-refractivity contribution is 6.04. The Bertz CT molecular complexity index is 803. The highest BCUT2D eigenvalue weighted by Crippen LogP contribution is 2.20. The second kappa shape index (κ2) is 7.32. The molecule has 0 fully saturated rings. The zero-order valence-electron chi connectivity index (χ0n) is 12.7. The van der Waals surface area contributed by atoms with Gasteiger partial charge in [0.2, 0.25) is 0 Å². The topological polar surface area (TPSA) is 105 Å². The van der Waals surface area contributed by atoms with Gasteiger partial charge in [-0.05, 0) is 36.8 Å². The summed E-state index contributed by atoms with van der Waals surface area (Å²) in [5, 5.41) is 24.3. The number of nitro benzene ring substituents is 1. The van der Waals surface area contributed by atoms with Gasteiger partial charge in [-0.15, -0.1) is 0 Å². The smallest absolute Gasteiger partial charge is 0.271 e. The van der Waals surface area contributed by atoms with Gasteiger partial charge in [0.05, 0.1) is 10.6 Å². The standard InChI is InChI=1S/C16H14FN3O4/c1-2-14(13-9-11(17)5-8-15(13)21)18-19-16(22)10-3-6-12(7-4-10)20(23)24/h3-9,21H,2H2,1H3,(H,19,22)/b18-14+. The minimum Gasteiger partial charge on any atom is -0.507 e. The Kier molecular flexibility index (Phi) is 5.20. The first-order valence-electron chi connectivity index (χ1n) is 7.02. The zero-order valence-corrected chi connectivity index (χ0v) is 12.7. The molecular weight excluding hydrogens is 317 g/mol. The molecule has 2 N–H and O–H groups in total. The predicted molar refractivity (Wildman–Crippen MR) is 85.5 cm³/mol. The van der Waals surface area contributed by atoms with E-state index in [1.54, 1.807) is 6.92 Å². The van der Waals surface area contributed by atoms with E-state index in [0.717, 1.165) is 12.1 Å². The monoisotopic (exact) mass is 331 g/mol. The lowest BCUT2D eigenvalue weighted by Crippen LogP contribution is -2.20. The van der Waals surface area contributed by atoms with Crippen molar-refractivity contribution in [2.45, 2.75) is 13.3 Å². The zero-order chi connectivity index (χ0) is 17.7. The summed E-state index contributed by atoms with van der Waals surface area (Å²) in [6.45, 7) is 1.74. The van der Waals surface area contributed by atoms with E-state index in [1.807, 2.05) is 0 Å². The molecule has 0 aliphatic rings. The van der Waals surface area contributed by atoms with Crippen molar-refractivity contribution < 1.29 is 19.2 Å². The van der Waals surface area contributed by atoms with Crippen LogP contribution < -0.4 is 5.43 Å². The number of hydrogen-bond donors (Lipinski definition) is 2. The molecule has 0 radical (unpaired) electrons. The van der Waals surface area contributed by atoms with E-state index in [4.69, 9.17) is 0 Å². The fourth-order valence-electron chi connectivity index (χ4n) is 1.99. The molecule has 2 aromatic rings. The van der Waals surface area contributed by atoms with Crippen LogP contribution in [-0.2, 0) is 0 Å². The van der Waals surface area contributed by atoms with E-state index < -0.39 is 16.6 Å². The van der Waals surface area contributed by atoms with E-state index in [0.29, 0.717) is 12.1 Å². The molecule has 0 aliphatic heterocycles. The van der Waals surface area contributed by atoms with Gasteiger partial charge in [-0.1, -0.05) is 6.92 Å². The first-order chi connectivity index (χ1) is 11.4. The summed E-state index contributed by atoms with van der Waals surface area (Å²) >= 11 is 0. The fourth-order valence-corrected chi connectivity index (χ4v) is 1.99. The average molecular weight is 331 g/mol. The van der Waals surface area contributed by atoms with Crippen LogP contribution in [0.25, 0.3) is 0 Å². The molecule has 0 aromatic heterocycles. The molecule has 0 saturated carbocycles. The van der Waals surface area contributed by atoms with Crippen molar-refractivity contribution in [3.63, 3.8) is 0 Å². The third-order valence-corrected chi connectivity index (χ3v) is 3.24. The third-order valence-electron chi connectivity index (χ3n) is 3.24. The molecule has 124 valence electrons. The number of rotatable bonds is 5. The highest BCUT2D eigenvalue weighted by atomic mass is 19.1. The number of nitro groups is 1.